The van der Waals surface area contributed by atoms with Crippen molar-refractivity contribution in [2.45, 2.75) is 25.9 Å². The second-order valence-electron chi connectivity index (χ2n) is 4.47. The van der Waals surface area contributed by atoms with E-state index < -0.39 is 0 Å². The standard InChI is InChI=1S/C14H18FN3O/c1-11(16)13-4-3-12(9-14(13)15)19-8-2-6-18-7-5-17-10-18/h3-5,7,9-11H,2,6,8,16H2,1H3/t11-/m1/s1. The van der Waals surface area contributed by atoms with Crippen LogP contribution in [-0.2, 0) is 6.54 Å². The molecule has 0 aliphatic carbocycles. The van der Waals surface area contributed by atoms with Crippen molar-refractivity contribution in [2.24, 2.45) is 5.73 Å². The summed E-state index contributed by atoms with van der Waals surface area (Å²) in [6.07, 6.45) is 6.24. The summed E-state index contributed by atoms with van der Waals surface area (Å²) in [5, 5.41) is 0. The van der Waals surface area contributed by atoms with Gasteiger partial charge in [0.1, 0.15) is 11.6 Å². The first-order valence-electron chi connectivity index (χ1n) is 6.30. The van der Waals surface area contributed by atoms with E-state index in [4.69, 9.17) is 10.5 Å². The summed E-state index contributed by atoms with van der Waals surface area (Å²) < 4.78 is 21.1. The van der Waals surface area contributed by atoms with Crippen molar-refractivity contribution in [3.8, 4) is 5.75 Å². The van der Waals surface area contributed by atoms with Crippen molar-refractivity contribution in [1.82, 2.24) is 9.55 Å². The number of ether oxygens (including phenoxy) is 1. The first-order chi connectivity index (χ1) is 9.16. The maximum atomic E-state index is 13.7. The van der Waals surface area contributed by atoms with Gasteiger partial charge in [0.15, 0.2) is 0 Å². The Labute approximate surface area is 112 Å². The van der Waals surface area contributed by atoms with Crippen LogP contribution in [0.1, 0.15) is 24.9 Å². The monoisotopic (exact) mass is 263 g/mol. The molecular weight excluding hydrogens is 245 g/mol. The lowest BCUT2D eigenvalue weighted by Crippen LogP contribution is -2.08. The number of nitrogens with zero attached hydrogens (tertiary/aromatic N) is 2. The Bertz CT molecular complexity index is 511. The van der Waals surface area contributed by atoms with Gasteiger partial charge in [0.05, 0.1) is 12.9 Å². The Kier molecular flexibility index (Phi) is 4.52. The molecule has 1 aromatic carbocycles. The van der Waals surface area contributed by atoms with Gasteiger partial charge in [-0.1, -0.05) is 6.07 Å². The fraction of sp³-hybridized carbons (Fsp3) is 0.357. The third-order valence-electron chi connectivity index (χ3n) is 2.85. The molecule has 0 amide bonds. The van der Waals surface area contributed by atoms with Crippen molar-refractivity contribution in [2.75, 3.05) is 6.61 Å². The minimum Gasteiger partial charge on any atom is -0.493 e. The third kappa shape index (κ3) is 3.79. The van der Waals surface area contributed by atoms with E-state index in [0.29, 0.717) is 17.9 Å². The van der Waals surface area contributed by atoms with E-state index in [2.05, 4.69) is 4.98 Å². The Hall–Kier alpha value is -1.88. The van der Waals surface area contributed by atoms with Gasteiger partial charge >= 0.3 is 0 Å². The number of rotatable bonds is 6. The second-order valence-corrected chi connectivity index (χ2v) is 4.47. The van der Waals surface area contributed by atoms with E-state index in [9.17, 15) is 4.39 Å². The molecule has 5 heteroatoms. The molecule has 0 unspecified atom stereocenters. The van der Waals surface area contributed by atoms with Crippen LogP contribution in [0, 0.1) is 5.82 Å². The number of nitrogens with two attached hydrogens (primary N) is 1. The molecule has 1 heterocycles. The molecule has 19 heavy (non-hydrogen) atoms. The third-order valence-corrected chi connectivity index (χ3v) is 2.85. The van der Waals surface area contributed by atoms with Gasteiger partial charge < -0.3 is 15.0 Å². The number of aromatic nitrogens is 2. The van der Waals surface area contributed by atoms with Crippen molar-refractivity contribution in [3.63, 3.8) is 0 Å². The van der Waals surface area contributed by atoms with Gasteiger partial charge in [0.25, 0.3) is 0 Å². The van der Waals surface area contributed by atoms with Gasteiger partial charge in [-0.25, -0.2) is 9.37 Å². The Morgan fingerprint density at radius 1 is 1.47 bits per heavy atom. The molecule has 0 bridgehead atoms. The van der Waals surface area contributed by atoms with Gasteiger partial charge in [-0.15, -0.1) is 0 Å². The Morgan fingerprint density at radius 3 is 2.95 bits per heavy atom. The zero-order valence-corrected chi connectivity index (χ0v) is 10.9. The van der Waals surface area contributed by atoms with Gasteiger partial charge in [-0.05, 0) is 19.4 Å². The largest absolute Gasteiger partial charge is 0.493 e. The first-order valence-corrected chi connectivity index (χ1v) is 6.30. The van der Waals surface area contributed by atoms with E-state index in [1.165, 1.54) is 6.07 Å². The molecule has 2 N–H and O–H groups in total. The number of hydrogen-bond donors (Lipinski definition) is 1. The van der Waals surface area contributed by atoms with Crippen LogP contribution in [-0.4, -0.2) is 16.2 Å². The molecular formula is C14H18FN3O. The molecule has 2 rings (SSSR count). The fourth-order valence-corrected chi connectivity index (χ4v) is 1.82. The number of halogens is 1. The second kappa shape index (κ2) is 6.33. The fourth-order valence-electron chi connectivity index (χ4n) is 1.82. The van der Waals surface area contributed by atoms with Crippen LogP contribution in [0.15, 0.2) is 36.9 Å². The van der Waals surface area contributed by atoms with Crippen LogP contribution >= 0.6 is 0 Å². The maximum Gasteiger partial charge on any atom is 0.131 e. The highest BCUT2D eigenvalue weighted by molar-refractivity contribution is 5.30. The lowest BCUT2D eigenvalue weighted by atomic mass is 10.1. The molecule has 0 spiro atoms. The van der Waals surface area contributed by atoms with Crippen LogP contribution in [0.3, 0.4) is 0 Å². The van der Waals surface area contributed by atoms with E-state index in [0.717, 1.165) is 13.0 Å². The number of imidazole rings is 1. The number of aryl methyl sites for hydroxylation is 1. The van der Waals surface area contributed by atoms with Gasteiger partial charge in [0.2, 0.25) is 0 Å². The summed E-state index contributed by atoms with van der Waals surface area (Å²) in [5.41, 5.74) is 6.16. The smallest absolute Gasteiger partial charge is 0.131 e. The van der Waals surface area contributed by atoms with Gasteiger partial charge in [0, 0.05) is 36.6 Å². The number of benzene rings is 1. The van der Waals surface area contributed by atoms with Gasteiger partial charge in [-0.2, -0.15) is 0 Å². The average Bonchev–Trinajstić information content (AvgIpc) is 2.87. The van der Waals surface area contributed by atoms with E-state index >= 15 is 0 Å². The summed E-state index contributed by atoms with van der Waals surface area (Å²) in [7, 11) is 0. The predicted molar refractivity (Wildman–Crippen MR) is 71.3 cm³/mol. The molecule has 0 fully saturated rings. The summed E-state index contributed by atoms with van der Waals surface area (Å²) in [6, 6.07) is 4.50. The lowest BCUT2D eigenvalue weighted by Gasteiger charge is -2.10. The highest BCUT2D eigenvalue weighted by Crippen LogP contribution is 2.20. The maximum absolute atomic E-state index is 13.7. The zero-order valence-electron chi connectivity index (χ0n) is 10.9. The van der Waals surface area contributed by atoms with E-state index in [1.54, 1.807) is 31.6 Å². The predicted octanol–water partition coefficient (Wildman–Crippen LogP) is 2.51. The molecule has 0 radical (unpaired) electrons. The molecule has 4 nitrogen and oxygen atoms in total. The molecule has 0 aliphatic rings. The summed E-state index contributed by atoms with van der Waals surface area (Å²) >= 11 is 0. The molecule has 0 saturated carbocycles. The zero-order chi connectivity index (χ0) is 13.7. The van der Waals surface area contributed by atoms with Crippen LogP contribution < -0.4 is 10.5 Å². The van der Waals surface area contributed by atoms with Crippen LogP contribution in [0.2, 0.25) is 0 Å². The first kappa shape index (κ1) is 13.5. The molecule has 2 aromatic rings. The minimum absolute atomic E-state index is 0.310. The summed E-state index contributed by atoms with van der Waals surface area (Å²) in [4.78, 5) is 3.96. The molecule has 102 valence electrons. The highest BCUT2D eigenvalue weighted by Gasteiger charge is 2.07. The minimum atomic E-state index is -0.317. The van der Waals surface area contributed by atoms with Crippen LogP contribution in [0.4, 0.5) is 4.39 Å². The molecule has 0 saturated heterocycles. The van der Waals surface area contributed by atoms with Crippen LogP contribution in [0.25, 0.3) is 0 Å². The Balaban J connectivity index is 1.81. The van der Waals surface area contributed by atoms with Crippen molar-refractivity contribution >= 4 is 0 Å². The highest BCUT2D eigenvalue weighted by atomic mass is 19.1. The SMILES string of the molecule is C[C@@H](N)c1ccc(OCCCn2ccnc2)cc1F. The molecule has 1 aromatic heterocycles. The normalized spacial score (nSPS) is 12.4. The molecule has 0 aliphatic heterocycles. The summed E-state index contributed by atoms with van der Waals surface area (Å²) in [5.74, 6) is 0.217. The number of hydrogen-bond acceptors (Lipinski definition) is 3. The lowest BCUT2D eigenvalue weighted by molar-refractivity contribution is 0.300. The summed E-state index contributed by atoms with van der Waals surface area (Å²) in [6.45, 7) is 3.12. The molecule has 1 atom stereocenters. The Morgan fingerprint density at radius 2 is 2.32 bits per heavy atom. The topological polar surface area (TPSA) is 53.1 Å². The van der Waals surface area contributed by atoms with E-state index in [-0.39, 0.29) is 11.9 Å². The van der Waals surface area contributed by atoms with Crippen molar-refractivity contribution in [1.29, 1.82) is 0 Å². The van der Waals surface area contributed by atoms with Crippen molar-refractivity contribution in [3.05, 3.63) is 48.3 Å². The van der Waals surface area contributed by atoms with Crippen LogP contribution in [0.5, 0.6) is 5.75 Å². The van der Waals surface area contributed by atoms with E-state index in [1.807, 2.05) is 10.8 Å². The van der Waals surface area contributed by atoms with Gasteiger partial charge in [-0.3, -0.25) is 0 Å². The average molecular weight is 263 g/mol. The quantitative estimate of drug-likeness (QED) is 0.815. The van der Waals surface area contributed by atoms with Crippen molar-refractivity contribution < 1.29 is 9.13 Å².